The van der Waals surface area contributed by atoms with Crippen LogP contribution in [0.25, 0.3) is 0 Å². The SMILES string of the molecule is COC(=O)c1cccc2c1NC(C(=O)O)C1CC=CC21. The predicted molar refractivity (Wildman–Crippen MR) is 72.8 cm³/mol. The lowest BCUT2D eigenvalue weighted by Crippen LogP contribution is -2.42. The standard InChI is InChI=1S/C15H15NO4/c1-20-15(19)11-7-3-5-9-8-4-2-6-10(8)13(14(17)18)16-12(9)11/h2-5,7-8,10,13,16H,6H2,1H3,(H,17,18). The normalized spacial score (nSPS) is 26.4. The molecule has 0 spiro atoms. The van der Waals surface area contributed by atoms with E-state index in [2.05, 4.69) is 5.32 Å². The minimum atomic E-state index is -0.894. The number of rotatable bonds is 2. The molecule has 1 aliphatic carbocycles. The zero-order valence-electron chi connectivity index (χ0n) is 11.0. The second kappa shape index (κ2) is 4.67. The number of carboxylic acids is 1. The van der Waals surface area contributed by atoms with E-state index in [-0.39, 0.29) is 11.8 Å². The van der Waals surface area contributed by atoms with Crippen LogP contribution in [0.5, 0.6) is 0 Å². The third-order valence-corrected chi connectivity index (χ3v) is 4.07. The lowest BCUT2D eigenvalue weighted by molar-refractivity contribution is -0.139. The summed E-state index contributed by atoms with van der Waals surface area (Å²) >= 11 is 0. The van der Waals surface area contributed by atoms with E-state index in [1.54, 1.807) is 12.1 Å². The highest BCUT2D eigenvalue weighted by atomic mass is 16.5. The number of nitrogens with one attached hydrogen (secondary N) is 1. The van der Waals surface area contributed by atoms with Gasteiger partial charge in [-0.1, -0.05) is 24.3 Å². The average molecular weight is 273 g/mol. The Morgan fingerprint density at radius 3 is 2.90 bits per heavy atom. The molecular weight excluding hydrogens is 258 g/mol. The maximum absolute atomic E-state index is 11.8. The third kappa shape index (κ3) is 1.78. The Hall–Kier alpha value is -2.30. The summed E-state index contributed by atoms with van der Waals surface area (Å²) < 4.78 is 4.77. The van der Waals surface area contributed by atoms with Crippen molar-refractivity contribution in [2.75, 3.05) is 12.4 Å². The molecule has 5 nitrogen and oxygen atoms in total. The first-order valence-corrected chi connectivity index (χ1v) is 6.50. The smallest absolute Gasteiger partial charge is 0.339 e. The number of hydrogen-bond acceptors (Lipinski definition) is 4. The van der Waals surface area contributed by atoms with Crippen LogP contribution in [0.1, 0.15) is 28.3 Å². The number of benzene rings is 1. The highest BCUT2D eigenvalue weighted by Crippen LogP contribution is 2.45. The van der Waals surface area contributed by atoms with E-state index < -0.39 is 18.0 Å². The molecule has 5 heteroatoms. The molecule has 0 fully saturated rings. The summed E-state index contributed by atoms with van der Waals surface area (Å²) in [6, 6.07) is 4.70. The molecule has 1 aliphatic heterocycles. The molecule has 20 heavy (non-hydrogen) atoms. The van der Waals surface area contributed by atoms with Gasteiger partial charge in [-0.3, -0.25) is 0 Å². The van der Waals surface area contributed by atoms with E-state index in [9.17, 15) is 14.7 Å². The van der Waals surface area contributed by atoms with Gasteiger partial charge in [0.25, 0.3) is 0 Å². The van der Waals surface area contributed by atoms with Crippen molar-refractivity contribution in [3.63, 3.8) is 0 Å². The van der Waals surface area contributed by atoms with Gasteiger partial charge in [-0.2, -0.15) is 0 Å². The molecule has 1 aromatic rings. The van der Waals surface area contributed by atoms with E-state index in [1.165, 1.54) is 7.11 Å². The van der Waals surface area contributed by atoms with E-state index in [0.717, 1.165) is 12.0 Å². The number of carbonyl (C=O) groups is 2. The van der Waals surface area contributed by atoms with Gasteiger partial charge in [0, 0.05) is 11.8 Å². The fourth-order valence-corrected chi connectivity index (χ4v) is 3.15. The molecule has 0 bridgehead atoms. The molecule has 0 saturated heterocycles. The summed E-state index contributed by atoms with van der Waals surface area (Å²) in [6.45, 7) is 0. The maximum atomic E-state index is 11.8. The van der Waals surface area contributed by atoms with Crippen molar-refractivity contribution in [3.8, 4) is 0 Å². The van der Waals surface area contributed by atoms with Gasteiger partial charge in [0.2, 0.25) is 0 Å². The number of aliphatic carboxylic acids is 1. The van der Waals surface area contributed by atoms with Gasteiger partial charge >= 0.3 is 11.9 Å². The largest absolute Gasteiger partial charge is 0.480 e. The van der Waals surface area contributed by atoms with Crippen LogP contribution in [0.2, 0.25) is 0 Å². The molecule has 0 radical (unpaired) electrons. The van der Waals surface area contributed by atoms with Gasteiger partial charge in [-0.25, -0.2) is 9.59 Å². The molecule has 0 aromatic heterocycles. The van der Waals surface area contributed by atoms with Crippen molar-refractivity contribution in [2.24, 2.45) is 5.92 Å². The molecule has 3 atom stereocenters. The minimum absolute atomic E-state index is 0.00658. The van der Waals surface area contributed by atoms with Crippen LogP contribution in [-0.4, -0.2) is 30.2 Å². The van der Waals surface area contributed by atoms with Gasteiger partial charge in [-0.05, 0) is 18.1 Å². The average Bonchev–Trinajstić information content (AvgIpc) is 2.94. The Labute approximate surface area is 116 Å². The Morgan fingerprint density at radius 1 is 1.40 bits per heavy atom. The van der Waals surface area contributed by atoms with Crippen LogP contribution < -0.4 is 5.32 Å². The number of fused-ring (bicyclic) bond motifs is 3. The summed E-state index contributed by atoms with van der Waals surface area (Å²) in [6.07, 6.45) is 4.77. The van der Waals surface area contributed by atoms with E-state index in [1.807, 2.05) is 18.2 Å². The Morgan fingerprint density at radius 2 is 2.20 bits per heavy atom. The molecule has 0 saturated carbocycles. The molecule has 104 valence electrons. The van der Waals surface area contributed by atoms with Crippen molar-refractivity contribution in [2.45, 2.75) is 18.4 Å². The summed E-state index contributed by atoms with van der Waals surface area (Å²) in [5.74, 6) is -1.32. The molecule has 3 unspecified atom stereocenters. The molecule has 0 amide bonds. The number of carbonyl (C=O) groups excluding carboxylic acids is 1. The first-order valence-electron chi connectivity index (χ1n) is 6.50. The quantitative estimate of drug-likeness (QED) is 0.637. The predicted octanol–water partition coefficient (Wildman–Crippen LogP) is 2.01. The Kier molecular flexibility index (Phi) is 2.97. The second-order valence-electron chi connectivity index (χ2n) is 5.08. The van der Waals surface area contributed by atoms with E-state index >= 15 is 0 Å². The number of anilines is 1. The van der Waals surface area contributed by atoms with Crippen molar-refractivity contribution in [3.05, 3.63) is 41.5 Å². The highest BCUT2D eigenvalue weighted by Gasteiger charge is 2.41. The van der Waals surface area contributed by atoms with Crippen LogP contribution >= 0.6 is 0 Å². The number of carboxylic acid groups (broad SMARTS) is 1. The fraction of sp³-hybridized carbons (Fsp3) is 0.333. The zero-order valence-corrected chi connectivity index (χ0v) is 11.0. The van der Waals surface area contributed by atoms with Gasteiger partial charge in [-0.15, -0.1) is 0 Å². The van der Waals surface area contributed by atoms with Gasteiger partial charge in [0.05, 0.1) is 18.4 Å². The molecule has 3 rings (SSSR count). The minimum Gasteiger partial charge on any atom is -0.480 e. The van der Waals surface area contributed by atoms with Crippen molar-refractivity contribution >= 4 is 17.6 Å². The molecular formula is C15H15NO4. The topological polar surface area (TPSA) is 75.6 Å². The molecule has 1 aromatic carbocycles. The van der Waals surface area contributed by atoms with Gasteiger partial charge in [0.1, 0.15) is 6.04 Å². The van der Waals surface area contributed by atoms with Crippen LogP contribution in [0.4, 0.5) is 5.69 Å². The summed E-state index contributed by atoms with van der Waals surface area (Å²) in [4.78, 5) is 23.3. The Bertz CT molecular complexity index is 608. The van der Waals surface area contributed by atoms with Crippen LogP contribution in [0.15, 0.2) is 30.4 Å². The number of methoxy groups -OCH3 is 1. The number of esters is 1. The van der Waals surface area contributed by atoms with Gasteiger partial charge < -0.3 is 15.2 Å². The number of allylic oxidation sites excluding steroid dienone is 2. The van der Waals surface area contributed by atoms with Crippen LogP contribution in [0, 0.1) is 5.92 Å². The second-order valence-corrected chi connectivity index (χ2v) is 5.08. The van der Waals surface area contributed by atoms with Gasteiger partial charge in [0.15, 0.2) is 0 Å². The monoisotopic (exact) mass is 273 g/mol. The Balaban J connectivity index is 2.12. The van der Waals surface area contributed by atoms with Crippen molar-refractivity contribution in [1.82, 2.24) is 0 Å². The highest BCUT2D eigenvalue weighted by molar-refractivity contribution is 5.98. The van der Waals surface area contributed by atoms with Crippen LogP contribution in [0.3, 0.4) is 0 Å². The maximum Gasteiger partial charge on any atom is 0.339 e. The number of ether oxygens (including phenoxy) is 1. The lowest BCUT2D eigenvalue weighted by Gasteiger charge is -2.35. The third-order valence-electron chi connectivity index (χ3n) is 4.07. The summed E-state index contributed by atoms with van der Waals surface area (Å²) in [7, 11) is 1.32. The first kappa shape index (κ1) is 12.7. The van der Waals surface area contributed by atoms with Crippen molar-refractivity contribution < 1.29 is 19.4 Å². The number of hydrogen-bond donors (Lipinski definition) is 2. The lowest BCUT2D eigenvalue weighted by atomic mass is 9.78. The van der Waals surface area contributed by atoms with E-state index in [4.69, 9.17) is 4.74 Å². The first-order chi connectivity index (χ1) is 9.63. The molecule has 1 heterocycles. The molecule has 2 N–H and O–H groups in total. The van der Waals surface area contributed by atoms with Crippen LogP contribution in [-0.2, 0) is 9.53 Å². The molecule has 2 aliphatic rings. The zero-order chi connectivity index (χ0) is 14.3. The number of para-hydroxylation sites is 1. The summed E-state index contributed by atoms with van der Waals surface area (Å²) in [5.41, 5.74) is 1.93. The summed E-state index contributed by atoms with van der Waals surface area (Å²) in [5, 5.41) is 12.4. The van der Waals surface area contributed by atoms with Crippen molar-refractivity contribution in [1.29, 1.82) is 0 Å². The van der Waals surface area contributed by atoms with E-state index in [0.29, 0.717) is 11.3 Å². The fourth-order valence-electron chi connectivity index (χ4n) is 3.15.